The number of nitrogens with zero attached hydrogens (tertiary/aromatic N) is 1. The van der Waals surface area contributed by atoms with Crippen molar-refractivity contribution < 1.29 is 9.90 Å². The molecular formula is C21H26N2O2. The Morgan fingerprint density at radius 1 is 1.28 bits per heavy atom. The molecule has 2 atom stereocenters. The maximum Gasteiger partial charge on any atom is 0.248 e. The maximum atomic E-state index is 11.5. The Hall–Kier alpha value is -2.33. The molecule has 132 valence electrons. The summed E-state index contributed by atoms with van der Waals surface area (Å²) in [5, 5.41) is 9.64. The summed E-state index contributed by atoms with van der Waals surface area (Å²) in [5.74, 6) is 0.386. The molecule has 0 spiro atoms. The standard InChI is InChI=1S/C21H26N2O2/c1-15-13-23(14-16-5-3-8-19(24)11-16)10-9-21(15,2)18-7-4-6-17(12-18)20(22)25/h3-8,11-12,15,24H,9-10,13-14H2,1-2H3,(H2,22,25)/t15-,21+/m0/s1. The van der Waals surface area contributed by atoms with E-state index in [9.17, 15) is 9.90 Å². The second kappa shape index (κ2) is 6.89. The van der Waals surface area contributed by atoms with Crippen molar-refractivity contribution in [3.05, 3.63) is 65.2 Å². The Morgan fingerprint density at radius 2 is 2.04 bits per heavy atom. The van der Waals surface area contributed by atoms with Gasteiger partial charge in [-0.05, 0) is 59.7 Å². The number of phenols is 1. The van der Waals surface area contributed by atoms with Crippen LogP contribution in [0.25, 0.3) is 0 Å². The van der Waals surface area contributed by atoms with E-state index < -0.39 is 0 Å². The van der Waals surface area contributed by atoms with Gasteiger partial charge < -0.3 is 10.8 Å². The first kappa shape index (κ1) is 17.5. The summed E-state index contributed by atoms with van der Waals surface area (Å²) >= 11 is 0. The highest BCUT2D eigenvalue weighted by Crippen LogP contribution is 2.40. The van der Waals surface area contributed by atoms with Crippen LogP contribution in [-0.2, 0) is 12.0 Å². The molecule has 1 aliphatic heterocycles. The van der Waals surface area contributed by atoms with Crippen molar-refractivity contribution in [2.24, 2.45) is 11.7 Å². The third-order valence-electron chi connectivity index (χ3n) is 5.69. The third-order valence-corrected chi connectivity index (χ3v) is 5.69. The molecule has 4 nitrogen and oxygen atoms in total. The molecular weight excluding hydrogens is 312 g/mol. The molecule has 0 radical (unpaired) electrons. The van der Waals surface area contributed by atoms with Gasteiger partial charge in [-0.2, -0.15) is 0 Å². The lowest BCUT2D eigenvalue weighted by Crippen LogP contribution is -2.47. The highest BCUT2D eigenvalue weighted by molar-refractivity contribution is 5.92. The Labute approximate surface area is 149 Å². The van der Waals surface area contributed by atoms with Crippen molar-refractivity contribution in [3.63, 3.8) is 0 Å². The Morgan fingerprint density at radius 3 is 2.72 bits per heavy atom. The molecule has 0 aromatic heterocycles. The predicted molar refractivity (Wildman–Crippen MR) is 99.5 cm³/mol. The summed E-state index contributed by atoms with van der Waals surface area (Å²) in [6.07, 6.45) is 1.02. The number of piperidine rings is 1. The molecule has 1 amide bonds. The van der Waals surface area contributed by atoms with Crippen LogP contribution in [0.15, 0.2) is 48.5 Å². The summed E-state index contributed by atoms with van der Waals surface area (Å²) in [4.78, 5) is 13.9. The van der Waals surface area contributed by atoms with Crippen molar-refractivity contribution >= 4 is 5.91 Å². The minimum atomic E-state index is -0.376. The van der Waals surface area contributed by atoms with Gasteiger partial charge in [-0.3, -0.25) is 9.69 Å². The highest BCUT2D eigenvalue weighted by Gasteiger charge is 2.38. The summed E-state index contributed by atoms with van der Waals surface area (Å²) < 4.78 is 0. The molecule has 3 N–H and O–H groups in total. The van der Waals surface area contributed by atoms with Gasteiger partial charge in [0.2, 0.25) is 5.91 Å². The summed E-state index contributed by atoms with van der Waals surface area (Å²) in [6, 6.07) is 15.2. The van der Waals surface area contributed by atoms with Gasteiger partial charge in [0, 0.05) is 18.7 Å². The number of phenolic OH excluding ortho intramolecular Hbond substituents is 1. The van der Waals surface area contributed by atoms with Gasteiger partial charge in [0.1, 0.15) is 5.75 Å². The second-order valence-corrected chi connectivity index (χ2v) is 7.42. The van der Waals surface area contributed by atoms with Gasteiger partial charge in [0.25, 0.3) is 0 Å². The molecule has 1 heterocycles. The Bertz CT molecular complexity index is 774. The normalized spacial score (nSPS) is 24.2. The minimum Gasteiger partial charge on any atom is -0.508 e. The fourth-order valence-electron chi connectivity index (χ4n) is 3.83. The Balaban J connectivity index is 1.74. The predicted octanol–water partition coefficient (Wildman–Crippen LogP) is 3.29. The number of likely N-dealkylation sites (tertiary alicyclic amines) is 1. The molecule has 25 heavy (non-hydrogen) atoms. The van der Waals surface area contributed by atoms with Gasteiger partial charge in [-0.15, -0.1) is 0 Å². The number of carbonyl (C=O) groups excluding carboxylic acids is 1. The van der Waals surface area contributed by atoms with E-state index in [1.165, 1.54) is 5.56 Å². The molecule has 0 aliphatic carbocycles. The molecule has 2 aromatic carbocycles. The molecule has 0 bridgehead atoms. The smallest absolute Gasteiger partial charge is 0.248 e. The van der Waals surface area contributed by atoms with Crippen LogP contribution in [-0.4, -0.2) is 29.0 Å². The Kier molecular flexibility index (Phi) is 4.82. The number of rotatable bonds is 4. The zero-order valence-electron chi connectivity index (χ0n) is 14.9. The van der Waals surface area contributed by atoms with Crippen LogP contribution < -0.4 is 5.73 Å². The number of hydrogen-bond acceptors (Lipinski definition) is 3. The number of nitrogens with two attached hydrogens (primary N) is 1. The molecule has 1 saturated heterocycles. The summed E-state index contributed by atoms with van der Waals surface area (Å²) in [6.45, 7) is 7.36. The second-order valence-electron chi connectivity index (χ2n) is 7.42. The quantitative estimate of drug-likeness (QED) is 0.899. The van der Waals surface area contributed by atoms with Gasteiger partial charge in [-0.25, -0.2) is 0 Å². The van der Waals surface area contributed by atoms with Crippen LogP contribution in [0.1, 0.15) is 41.8 Å². The van der Waals surface area contributed by atoms with E-state index in [4.69, 9.17) is 5.73 Å². The van der Waals surface area contributed by atoms with Crippen LogP contribution in [0.5, 0.6) is 5.75 Å². The lowest BCUT2D eigenvalue weighted by molar-refractivity contribution is 0.0995. The van der Waals surface area contributed by atoms with Crippen molar-refractivity contribution in [1.29, 1.82) is 0 Å². The van der Waals surface area contributed by atoms with Gasteiger partial charge >= 0.3 is 0 Å². The largest absolute Gasteiger partial charge is 0.508 e. The molecule has 0 unspecified atom stereocenters. The van der Waals surface area contributed by atoms with Crippen LogP contribution in [0, 0.1) is 5.92 Å². The number of hydrogen-bond donors (Lipinski definition) is 2. The van der Waals surface area contributed by atoms with E-state index in [0.717, 1.165) is 31.6 Å². The van der Waals surface area contributed by atoms with Crippen LogP contribution in [0.3, 0.4) is 0 Å². The number of carbonyl (C=O) groups is 1. The minimum absolute atomic E-state index is 0.0286. The first-order valence-electron chi connectivity index (χ1n) is 8.79. The maximum absolute atomic E-state index is 11.5. The molecule has 0 saturated carbocycles. The highest BCUT2D eigenvalue weighted by atomic mass is 16.3. The fraction of sp³-hybridized carbons (Fsp3) is 0.381. The van der Waals surface area contributed by atoms with Crippen LogP contribution >= 0.6 is 0 Å². The van der Waals surface area contributed by atoms with Crippen molar-refractivity contribution in [1.82, 2.24) is 4.90 Å². The summed E-state index contributed by atoms with van der Waals surface area (Å²) in [5.41, 5.74) is 8.37. The molecule has 1 fully saturated rings. The van der Waals surface area contributed by atoms with Crippen molar-refractivity contribution in [2.45, 2.75) is 32.2 Å². The van der Waals surface area contributed by atoms with E-state index in [2.05, 4.69) is 30.9 Å². The van der Waals surface area contributed by atoms with Crippen molar-refractivity contribution in [3.8, 4) is 5.75 Å². The van der Waals surface area contributed by atoms with E-state index in [1.807, 2.05) is 24.3 Å². The monoisotopic (exact) mass is 338 g/mol. The SMILES string of the molecule is C[C@H]1CN(Cc2cccc(O)c2)CC[C@@]1(C)c1cccc(C(N)=O)c1. The first-order valence-corrected chi connectivity index (χ1v) is 8.79. The first-order chi connectivity index (χ1) is 11.9. The van der Waals surface area contributed by atoms with E-state index in [0.29, 0.717) is 17.2 Å². The fourth-order valence-corrected chi connectivity index (χ4v) is 3.83. The summed E-state index contributed by atoms with van der Waals surface area (Å²) in [7, 11) is 0. The van der Waals surface area contributed by atoms with Gasteiger partial charge in [0.15, 0.2) is 0 Å². The number of amides is 1. The zero-order chi connectivity index (χ0) is 18.0. The van der Waals surface area contributed by atoms with E-state index >= 15 is 0 Å². The van der Waals surface area contributed by atoms with Gasteiger partial charge in [0.05, 0.1) is 0 Å². The van der Waals surface area contributed by atoms with E-state index in [-0.39, 0.29) is 11.3 Å². The molecule has 2 aromatic rings. The van der Waals surface area contributed by atoms with Gasteiger partial charge in [-0.1, -0.05) is 38.1 Å². The molecule has 4 heteroatoms. The lowest BCUT2D eigenvalue weighted by atomic mass is 9.68. The lowest BCUT2D eigenvalue weighted by Gasteiger charge is -2.45. The average Bonchev–Trinajstić information content (AvgIpc) is 2.58. The topological polar surface area (TPSA) is 66.6 Å². The van der Waals surface area contributed by atoms with Crippen LogP contribution in [0.4, 0.5) is 0 Å². The number of aromatic hydroxyl groups is 1. The third kappa shape index (κ3) is 3.69. The van der Waals surface area contributed by atoms with Crippen LogP contribution in [0.2, 0.25) is 0 Å². The number of primary amides is 1. The van der Waals surface area contributed by atoms with E-state index in [1.54, 1.807) is 12.1 Å². The molecule has 1 aliphatic rings. The zero-order valence-corrected chi connectivity index (χ0v) is 14.9. The molecule has 3 rings (SSSR count). The van der Waals surface area contributed by atoms with Crippen molar-refractivity contribution in [2.75, 3.05) is 13.1 Å². The number of benzene rings is 2. The average molecular weight is 338 g/mol.